The normalized spacial score (nSPS) is 26.7. The zero-order valence-corrected chi connectivity index (χ0v) is 7.67. The fraction of sp³-hybridized carbons (Fsp3) is 0.111. The summed E-state index contributed by atoms with van der Waals surface area (Å²) in [6.07, 6.45) is 0. The number of rotatable bonds is 1. The van der Waals surface area contributed by atoms with E-state index in [0.29, 0.717) is 0 Å². The van der Waals surface area contributed by atoms with Crippen molar-refractivity contribution in [2.45, 2.75) is 5.79 Å². The standard InChI is InChI=1S/C9H5F5N2/c10-7-8(11)15(13)16(14)9(7,12)6-4-2-1-3-5-6/h1-5H. The summed E-state index contributed by atoms with van der Waals surface area (Å²) >= 11 is 0. The van der Waals surface area contributed by atoms with E-state index >= 15 is 0 Å². The Balaban J connectivity index is 2.55. The summed E-state index contributed by atoms with van der Waals surface area (Å²) in [5.41, 5.74) is -0.551. The molecule has 86 valence electrons. The minimum absolute atomic E-state index is 0.551. The van der Waals surface area contributed by atoms with Crippen LogP contribution in [0.3, 0.4) is 0 Å². The molecule has 0 fully saturated rings. The first-order chi connectivity index (χ1) is 7.49. The van der Waals surface area contributed by atoms with Gasteiger partial charge in [0, 0.05) is 10.8 Å². The highest BCUT2D eigenvalue weighted by Gasteiger charge is 2.58. The van der Waals surface area contributed by atoms with Crippen LogP contribution in [0.4, 0.5) is 22.1 Å². The number of nitrogens with zero attached hydrogens (tertiary/aromatic N) is 2. The van der Waals surface area contributed by atoms with Gasteiger partial charge < -0.3 is 0 Å². The minimum Gasteiger partial charge on any atom is -0.208 e. The maximum Gasteiger partial charge on any atom is 0.293 e. The van der Waals surface area contributed by atoms with Crippen molar-refractivity contribution in [2.75, 3.05) is 0 Å². The first-order valence-electron chi connectivity index (χ1n) is 4.21. The van der Waals surface area contributed by atoms with E-state index in [1.807, 2.05) is 0 Å². The molecule has 0 aliphatic carbocycles. The van der Waals surface area contributed by atoms with E-state index in [1.165, 1.54) is 18.2 Å². The highest BCUT2D eigenvalue weighted by Crippen LogP contribution is 2.48. The topological polar surface area (TPSA) is 6.48 Å². The molecule has 0 saturated carbocycles. The maximum absolute atomic E-state index is 13.9. The van der Waals surface area contributed by atoms with Crippen molar-refractivity contribution in [3.05, 3.63) is 47.7 Å². The van der Waals surface area contributed by atoms with Crippen LogP contribution in [0.15, 0.2) is 42.1 Å². The largest absolute Gasteiger partial charge is 0.293 e. The lowest BCUT2D eigenvalue weighted by Gasteiger charge is -2.23. The van der Waals surface area contributed by atoms with Gasteiger partial charge in [-0.05, 0) is 0 Å². The SMILES string of the molecule is FC1=C(F)C(F)(c2ccccc2)N(F)N1F. The maximum atomic E-state index is 13.9. The molecule has 1 atom stereocenters. The summed E-state index contributed by atoms with van der Waals surface area (Å²) in [6, 6.07) is 6.07. The van der Waals surface area contributed by atoms with Crippen molar-refractivity contribution in [3.63, 3.8) is 0 Å². The predicted molar refractivity (Wildman–Crippen MR) is 44.4 cm³/mol. The van der Waals surface area contributed by atoms with Crippen molar-refractivity contribution in [1.29, 1.82) is 0 Å². The van der Waals surface area contributed by atoms with Crippen LogP contribution in [0.2, 0.25) is 0 Å². The lowest BCUT2D eigenvalue weighted by Crippen LogP contribution is -2.38. The van der Waals surface area contributed by atoms with Gasteiger partial charge >= 0.3 is 0 Å². The molecule has 0 bridgehead atoms. The van der Waals surface area contributed by atoms with Crippen molar-refractivity contribution in [3.8, 4) is 0 Å². The van der Waals surface area contributed by atoms with Crippen LogP contribution in [0.5, 0.6) is 0 Å². The molecular weight excluding hydrogens is 231 g/mol. The average Bonchev–Trinajstić information content (AvgIpc) is 2.47. The Kier molecular flexibility index (Phi) is 2.34. The van der Waals surface area contributed by atoms with Gasteiger partial charge in [0.25, 0.3) is 11.7 Å². The molecule has 1 heterocycles. The fourth-order valence-corrected chi connectivity index (χ4v) is 1.39. The highest BCUT2D eigenvalue weighted by molar-refractivity contribution is 5.31. The lowest BCUT2D eigenvalue weighted by molar-refractivity contribution is -0.315. The van der Waals surface area contributed by atoms with Crippen molar-refractivity contribution < 1.29 is 22.1 Å². The Morgan fingerprint density at radius 2 is 1.56 bits per heavy atom. The van der Waals surface area contributed by atoms with E-state index in [2.05, 4.69) is 0 Å². The van der Waals surface area contributed by atoms with E-state index < -0.39 is 33.6 Å². The predicted octanol–water partition coefficient (Wildman–Crippen LogP) is 3.22. The number of halogens is 5. The van der Waals surface area contributed by atoms with E-state index in [1.54, 1.807) is 0 Å². The third-order valence-corrected chi connectivity index (χ3v) is 2.20. The van der Waals surface area contributed by atoms with Gasteiger partial charge in [0.1, 0.15) is 0 Å². The first-order valence-corrected chi connectivity index (χ1v) is 4.21. The number of alkyl halides is 1. The summed E-state index contributed by atoms with van der Waals surface area (Å²) in [5, 5.41) is -2.64. The number of hydrogen-bond donors (Lipinski definition) is 0. The average molecular weight is 236 g/mol. The van der Waals surface area contributed by atoms with E-state index in [9.17, 15) is 22.1 Å². The van der Waals surface area contributed by atoms with Gasteiger partial charge in [-0.1, -0.05) is 40.0 Å². The molecule has 0 N–H and O–H groups in total. The molecule has 1 aromatic rings. The molecule has 0 aromatic heterocycles. The molecule has 1 aliphatic heterocycles. The first kappa shape index (κ1) is 10.9. The van der Waals surface area contributed by atoms with Gasteiger partial charge in [-0.2, -0.15) is 4.39 Å². The van der Waals surface area contributed by atoms with Gasteiger partial charge in [-0.3, -0.25) is 0 Å². The molecule has 1 unspecified atom stereocenters. The molecule has 7 heteroatoms. The summed E-state index contributed by atoms with van der Waals surface area (Å²) in [4.78, 5) is 0. The van der Waals surface area contributed by atoms with Crippen LogP contribution in [0.25, 0.3) is 0 Å². The van der Waals surface area contributed by atoms with Gasteiger partial charge in [-0.25, -0.2) is 8.78 Å². The van der Waals surface area contributed by atoms with Crippen molar-refractivity contribution >= 4 is 0 Å². The molecule has 0 radical (unpaired) electrons. The number of hydrogen-bond acceptors (Lipinski definition) is 2. The van der Waals surface area contributed by atoms with Crippen LogP contribution in [-0.4, -0.2) is 10.5 Å². The van der Waals surface area contributed by atoms with Crippen LogP contribution in [-0.2, 0) is 5.79 Å². The van der Waals surface area contributed by atoms with Crippen LogP contribution in [0.1, 0.15) is 5.56 Å². The number of benzene rings is 1. The van der Waals surface area contributed by atoms with Crippen LogP contribution in [0, 0.1) is 0 Å². The quantitative estimate of drug-likeness (QED) is 0.419. The monoisotopic (exact) mass is 236 g/mol. The Bertz CT molecular complexity index is 435. The second-order valence-corrected chi connectivity index (χ2v) is 3.11. The van der Waals surface area contributed by atoms with Gasteiger partial charge in [0.2, 0.25) is 5.83 Å². The van der Waals surface area contributed by atoms with E-state index in [-0.39, 0.29) is 0 Å². The fourth-order valence-electron chi connectivity index (χ4n) is 1.39. The van der Waals surface area contributed by atoms with Crippen LogP contribution >= 0.6 is 0 Å². The molecule has 1 aromatic carbocycles. The zero-order chi connectivity index (χ0) is 11.9. The summed E-state index contributed by atoms with van der Waals surface area (Å²) in [7, 11) is 0. The molecular formula is C9H5F5N2. The lowest BCUT2D eigenvalue weighted by atomic mass is 10.0. The number of hydrazine groups is 1. The summed E-state index contributed by atoms with van der Waals surface area (Å²) in [5.74, 6) is -8.00. The summed E-state index contributed by atoms with van der Waals surface area (Å²) in [6.45, 7) is 0. The Morgan fingerprint density at radius 3 is 2.00 bits per heavy atom. The molecule has 16 heavy (non-hydrogen) atoms. The second-order valence-electron chi connectivity index (χ2n) is 3.11. The van der Waals surface area contributed by atoms with Gasteiger partial charge in [0.15, 0.2) is 0 Å². The Hall–Kier alpha value is -1.63. The van der Waals surface area contributed by atoms with Crippen molar-refractivity contribution in [1.82, 2.24) is 10.5 Å². The molecule has 0 amide bonds. The molecule has 0 spiro atoms. The molecule has 0 saturated heterocycles. The molecule has 2 rings (SSSR count). The van der Waals surface area contributed by atoms with Gasteiger partial charge in [-0.15, -0.1) is 4.48 Å². The van der Waals surface area contributed by atoms with E-state index in [0.717, 1.165) is 12.1 Å². The Morgan fingerprint density at radius 1 is 1.00 bits per heavy atom. The zero-order valence-electron chi connectivity index (χ0n) is 7.67. The molecule has 1 aliphatic rings. The third-order valence-electron chi connectivity index (χ3n) is 2.20. The van der Waals surface area contributed by atoms with Crippen molar-refractivity contribution in [2.24, 2.45) is 0 Å². The minimum atomic E-state index is -3.60. The van der Waals surface area contributed by atoms with Gasteiger partial charge in [0.05, 0.1) is 0 Å². The van der Waals surface area contributed by atoms with Crippen LogP contribution < -0.4 is 0 Å². The third kappa shape index (κ3) is 1.21. The highest BCUT2D eigenvalue weighted by atomic mass is 19.3. The summed E-state index contributed by atoms with van der Waals surface area (Å²) < 4.78 is 65.4. The Labute approximate surface area is 87.0 Å². The van der Waals surface area contributed by atoms with E-state index in [4.69, 9.17) is 0 Å². The second kappa shape index (κ2) is 3.44. The smallest absolute Gasteiger partial charge is 0.208 e. The molecule has 2 nitrogen and oxygen atoms in total.